The molecule has 0 unspecified atom stereocenters. The molecule has 0 atom stereocenters. The van der Waals surface area contributed by atoms with Crippen LogP contribution in [-0.4, -0.2) is 32.9 Å². The van der Waals surface area contributed by atoms with Crippen molar-refractivity contribution in [3.8, 4) is 0 Å². The van der Waals surface area contributed by atoms with E-state index in [1.807, 2.05) is 46.8 Å². The fraction of sp³-hybridized carbons (Fsp3) is 0.625. The van der Waals surface area contributed by atoms with E-state index in [-0.39, 0.29) is 5.41 Å². The second-order valence-corrected chi connectivity index (χ2v) is 8.72. The number of aryl methyl sites for hydroxylation is 1. The molecule has 0 spiro atoms. The predicted molar refractivity (Wildman–Crippen MR) is 87.8 cm³/mol. The lowest BCUT2D eigenvalue weighted by Crippen LogP contribution is -2.35. The van der Waals surface area contributed by atoms with Gasteiger partial charge < -0.3 is 5.32 Å². The van der Waals surface area contributed by atoms with E-state index in [0.717, 1.165) is 17.7 Å². The maximum absolute atomic E-state index is 12.8. The fourth-order valence-electron chi connectivity index (χ4n) is 2.22. The molecule has 1 rings (SSSR count). The Hall–Kier alpha value is -0.910. The minimum Gasteiger partial charge on any atom is -0.313 e. The molecule has 0 heterocycles. The lowest BCUT2D eigenvalue weighted by molar-refractivity contribution is 0.310. The van der Waals surface area contributed by atoms with Crippen molar-refractivity contribution in [2.75, 3.05) is 20.1 Å². The average Bonchev–Trinajstić information content (AvgIpc) is 2.35. The molecule has 0 aliphatic carbocycles. The monoisotopic (exact) mass is 312 g/mol. The van der Waals surface area contributed by atoms with E-state index in [9.17, 15) is 8.42 Å². The van der Waals surface area contributed by atoms with Crippen molar-refractivity contribution in [1.29, 1.82) is 0 Å². The second-order valence-electron chi connectivity index (χ2n) is 6.70. The van der Waals surface area contributed by atoms with Gasteiger partial charge in [-0.15, -0.1) is 0 Å². The maximum atomic E-state index is 12.8. The highest BCUT2D eigenvalue weighted by Gasteiger charge is 2.26. The van der Waals surface area contributed by atoms with Crippen LogP contribution >= 0.6 is 0 Å². The third-order valence-electron chi connectivity index (χ3n) is 3.22. The summed E-state index contributed by atoms with van der Waals surface area (Å²) in [5, 5.41) is 3.22. The Bertz CT molecular complexity index is 574. The van der Waals surface area contributed by atoms with Crippen LogP contribution in [0, 0.1) is 12.3 Å². The van der Waals surface area contributed by atoms with Crippen LogP contribution in [0.4, 0.5) is 0 Å². The Morgan fingerprint density at radius 3 is 2.38 bits per heavy atom. The number of hydrogen-bond donors (Lipinski definition) is 1. The third kappa shape index (κ3) is 5.09. The normalized spacial score (nSPS) is 12.9. The Morgan fingerprint density at radius 2 is 1.86 bits per heavy atom. The number of nitrogens with zero attached hydrogens (tertiary/aromatic N) is 1. The molecule has 0 amide bonds. The van der Waals surface area contributed by atoms with Gasteiger partial charge in [-0.25, -0.2) is 12.7 Å². The Kier molecular flexibility index (Phi) is 5.96. The lowest BCUT2D eigenvalue weighted by Gasteiger charge is -2.26. The van der Waals surface area contributed by atoms with Gasteiger partial charge >= 0.3 is 0 Å². The molecule has 0 aromatic heterocycles. The second kappa shape index (κ2) is 6.90. The van der Waals surface area contributed by atoms with Crippen molar-refractivity contribution < 1.29 is 8.42 Å². The predicted octanol–water partition coefficient (Wildman–Crippen LogP) is 2.77. The first-order valence-corrected chi connectivity index (χ1v) is 8.78. The summed E-state index contributed by atoms with van der Waals surface area (Å²) in [6.07, 6.45) is 0. The molecular weight excluding hydrogens is 284 g/mol. The first kappa shape index (κ1) is 18.1. The summed E-state index contributed by atoms with van der Waals surface area (Å²) in [5.41, 5.74) is 1.71. The smallest absolute Gasteiger partial charge is 0.243 e. The average molecular weight is 312 g/mol. The quantitative estimate of drug-likeness (QED) is 0.879. The lowest BCUT2D eigenvalue weighted by atomic mass is 9.97. The first-order chi connectivity index (χ1) is 9.58. The number of rotatable bonds is 6. The molecule has 0 fully saturated rings. The summed E-state index contributed by atoms with van der Waals surface area (Å²) >= 11 is 0. The van der Waals surface area contributed by atoms with E-state index in [4.69, 9.17) is 0 Å². The Balaban J connectivity index is 3.12. The van der Waals surface area contributed by atoms with Gasteiger partial charge in [0.1, 0.15) is 0 Å². The topological polar surface area (TPSA) is 49.4 Å². The van der Waals surface area contributed by atoms with Gasteiger partial charge in [0.15, 0.2) is 0 Å². The highest BCUT2D eigenvalue weighted by atomic mass is 32.2. The molecule has 1 N–H and O–H groups in total. The summed E-state index contributed by atoms with van der Waals surface area (Å²) in [6.45, 7) is 12.0. The van der Waals surface area contributed by atoms with Crippen LogP contribution in [0.25, 0.3) is 0 Å². The molecule has 1 aromatic rings. The summed E-state index contributed by atoms with van der Waals surface area (Å²) in [7, 11) is -1.80. The van der Waals surface area contributed by atoms with Gasteiger partial charge in [-0.05, 0) is 36.1 Å². The molecule has 0 saturated heterocycles. The zero-order valence-electron chi connectivity index (χ0n) is 14.0. The van der Waals surface area contributed by atoms with Crippen LogP contribution < -0.4 is 5.32 Å². The summed E-state index contributed by atoms with van der Waals surface area (Å²) in [5.74, 6) is 0. The Labute approximate surface area is 129 Å². The van der Waals surface area contributed by atoms with Gasteiger partial charge in [-0.2, -0.15) is 0 Å². The molecule has 0 aliphatic heterocycles. The van der Waals surface area contributed by atoms with E-state index in [2.05, 4.69) is 5.32 Å². The molecule has 120 valence electrons. The van der Waals surface area contributed by atoms with Crippen molar-refractivity contribution in [3.05, 3.63) is 29.3 Å². The first-order valence-electron chi connectivity index (χ1n) is 7.34. The zero-order valence-corrected chi connectivity index (χ0v) is 14.8. The number of benzene rings is 1. The van der Waals surface area contributed by atoms with Crippen molar-refractivity contribution in [3.63, 3.8) is 0 Å². The zero-order chi connectivity index (χ0) is 16.3. The van der Waals surface area contributed by atoms with Crippen LogP contribution in [0.5, 0.6) is 0 Å². The summed E-state index contributed by atoms with van der Waals surface area (Å²) in [6, 6.07) is 5.64. The maximum Gasteiger partial charge on any atom is 0.243 e. The van der Waals surface area contributed by atoms with Crippen molar-refractivity contribution in [2.45, 2.75) is 46.1 Å². The fourth-order valence-corrected chi connectivity index (χ4v) is 3.89. The van der Waals surface area contributed by atoms with E-state index in [0.29, 0.717) is 18.0 Å². The number of hydrogen-bond acceptors (Lipinski definition) is 3. The van der Waals surface area contributed by atoms with Gasteiger partial charge in [0.25, 0.3) is 0 Å². The summed E-state index contributed by atoms with van der Waals surface area (Å²) in [4.78, 5) is 0.407. The molecule has 5 heteroatoms. The van der Waals surface area contributed by atoms with Crippen LogP contribution in [-0.2, 0) is 16.6 Å². The van der Waals surface area contributed by atoms with Gasteiger partial charge in [-0.1, -0.05) is 39.8 Å². The molecular formula is C16H28N2O2S. The highest BCUT2D eigenvalue weighted by molar-refractivity contribution is 7.89. The Morgan fingerprint density at radius 1 is 1.24 bits per heavy atom. The van der Waals surface area contributed by atoms with Gasteiger partial charge in [0.05, 0.1) is 4.90 Å². The minimum atomic E-state index is -3.44. The van der Waals surface area contributed by atoms with E-state index < -0.39 is 10.0 Å². The summed E-state index contributed by atoms with van der Waals surface area (Å²) < 4.78 is 27.0. The van der Waals surface area contributed by atoms with Crippen molar-refractivity contribution in [1.82, 2.24) is 9.62 Å². The number of sulfonamides is 1. The van der Waals surface area contributed by atoms with Gasteiger partial charge in [0, 0.05) is 20.1 Å². The number of nitrogens with one attached hydrogen (secondary N) is 1. The van der Waals surface area contributed by atoms with Crippen molar-refractivity contribution in [2.24, 2.45) is 5.41 Å². The molecule has 1 aromatic carbocycles. The molecule has 0 bridgehead atoms. The SMILES string of the molecule is CCNCc1ccc(C)c(S(=O)(=O)N(C)CC(C)(C)C)c1. The molecule has 4 nitrogen and oxygen atoms in total. The van der Waals surface area contributed by atoms with Gasteiger partial charge in [-0.3, -0.25) is 0 Å². The molecule has 0 saturated carbocycles. The molecule has 0 aliphatic rings. The van der Waals surface area contributed by atoms with Crippen LogP contribution in [0.15, 0.2) is 23.1 Å². The highest BCUT2D eigenvalue weighted by Crippen LogP contribution is 2.24. The third-order valence-corrected chi connectivity index (χ3v) is 5.16. The van der Waals surface area contributed by atoms with E-state index >= 15 is 0 Å². The van der Waals surface area contributed by atoms with Crippen LogP contribution in [0.1, 0.15) is 38.8 Å². The van der Waals surface area contributed by atoms with Crippen LogP contribution in [0.3, 0.4) is 0 Å². The van der Waals surface area contributed by atoms with E-state index in [1.54, 1.807) is 13.1 Å². The molecule has 0 radical (unpaired) electrons. The van der Waals surface area contributed by atoms with E-state index in [1.165, 1.54) is 4.31 Å². The van der Waals surface area contributed by atoms with Gasteiger partial charge in [0.2, 0.25) is 10.0 Å². The van der Waals surface area contributed by atoms with Crippen LogP contribution in [0.2, 0.25) is 0 Å². The van der Waals surface area contributed by atoms with Crippen molar-refractivity contribution >= 4 is 10.0 Å². The standard InChI is InChI=1S/C16H28N2O2S/c1-7-17-11-14-9-8-13(2)15(10-14)21(19,20)18(6)12-16(3,4)5/h8-10,17H,7,11-12H2,1-6H3. The molecule has 21 heavy (non-hydrogen) atoms. The minimum absolute atomic E-state index is 0.0723. The largest absolute Gasteiger partial charge is 0.313 e.